The number of thiazole rings is 1. The average molecular weight is 303 g/mol. The number of aromatic amines is 1. The maximum Gasteiger partial charge on any atom is 0.167 e. The smallest absolute Gasteiger partial charge is 0.167 e. The van der Waals surface area contributed by atoms with Crippen molar-refractivity contribution in [3.8, 4) is 0 Å². The average Bonchev–Trinajstić information content (AvgIpc) is 3.17. The fourth-order valence-corrected chi connectivity index (χ4v) is 4.65. The highest BCUT2D eigenvalue weighted by atomic mass is 32.1. The maximum absolute atomic E-state index is 4.88. The predicted molar refractivity (Wildman–Crippen MR) is 82.3 cm³/mol. The van der Waals surface area contributed by atoms with Gasteiger partial charge in [0.15, 0.2) is 5.82 Å². The number of fused-ring (bicyclic) bond motifs is 1. The lowest BCUT2D eigenvalue weighted by molar-refractivity contribution is 0.239. The predicted octanol–water partition coefficient (Wildman–Crippen LogP) is 2.79. The minimum Gasteiger partial charge on any atom is -0.287 e. The van der Waals surface area contributed by atoms with Crippen LogP contribution in [0.3, 0.4) is 0 Å². The standard InChI is InChI=1S/C15H21N5S/c1-10-16-15(19-18-10)12-6-4-8-20(12)9-14-17-11-5-2-3-7-13(11)21-14/h12H,2-9H2,1H3,(H,16,18,19)/t12-/m0/s1. The van der Waals surface area contributed by atoms with Crippen molar-refractivity contribution in [2.45, 2.75) is 58.0 Å². The van der Waals surface area contributed by atoms with E-state index in [9.17, 15) is 0 Å². The van der Waals surface area contributed by atoms with Gasteiger partial charge in [0.1, 0.15) is 10.8 Å². The molecule has 0 saturated carbocycles. The normalized spacial score (nSPS) is 22.6. The number of likely N-dealkylation sites (tertiary alicyclic amines) is 1. The number of hydrogen-bond donors (Lipinski definition) is 1. The van der Waals surface area contributed by atoms with Gasteiger partial charge in [-0.3, -0.25) is 10.00 Å². The quantitative estimate of drug-likeness (QED) is 0.947. The Balaban J connectivity index is 1.51. The van der Waals surface area contributed by atoms with Crippen LogP contribution in [0.5, 0.6) is 0 Å². The Morgan fingerprint density at radius 3 is 2.95 bits per heavy atom. The zero-order valence-corrected chi connectivity index (χ0v) is 13.2. The summed E-state index contributed by atoms with van der Waals surface area (Å²) < 4.78 is 0. The Labute approximate surface area is 128 Å². The molecule has 6 heteroatoms. The summed E-state index contributed by atoms with van der Waals surface area (Å²) in [6.07, 6.45) is 7.42. The van der Waals surface area contributed by atoms with E-state index in [1.54, 1.807) is 0 Å². The van der Waals surface area contributed by atoms with Gasteiger partial charge < -0.3 is 0 Å². The zero-order chi connectivity index (χ0) is 14.2. The maximum atomic E-state index is 4.88. The van der Waals surface area contributed by atoms with Crippen molar-refractivity contribution in [1.29, 1.82) is 0 Å². The second-order valence-corrected chi connectivity index (χ2v) is 7.26. The lowest BCUT2D eigenvalue weighted by Crippen LogP contribution is -2.23. The van der Waals surface area contributed by atoms with E-state index in [0.29, 0.717) is 6.04 Å². The van der Waals surface area contributed by atoms with Crippen LogP contribution in [0.25, 0.3) is 0 Å². The molecule has 0 unspecified atom stereocenters. The summed E-state index contributed by atoms with van der Waals surface area (Å²) >= 11 is 1.92. The number of aryl methyl sites for hydroxylation is 3. The Hall–Kier alpha value is -1.27. The first-order valence-electron chi connectivity index (χ1n) is 7.90. The van der Waals surface area contributed by atoms with Gasteiger partial charge in [-0.05, 0) is 52.0 Å². The first kappa shape index (κ1) is 13.4. The van der Waals surface area contributed by atoms with Crippen LogP contribution >= 0.6 is 11.3 Å². The minimum absolute atomic E-state index is 0.357. The van der Waals surface area contributed by atoms with Crippen LogP contribution in [-0.2, 0) is 19.4 Å². The highest BCUT2D eigenvalue weighted by Gasteiger charge is 2.30. The monoisotopic (exact) mass is 303 g/mol. The molecule has 1 aliphatic carbocycles. The first-order chi connectivity index (χ1) is 10.3. The molecule has 2 aliphatic rings. The van der Waals surface area contributed by atoms with E-state index in [4.69, 9.17) is 4.98 Å². The zero-order valence-electron chi connectivity index (χ0n) is 12.4. The van der Waals surface area contributed by atoms with E-state index >= 15 is 0 Å². The summed E-state index contributed by atoms with van der Waals surface area (Å²) in [4.78, 5) is 13.4. The van der Waals surface area contributed by atoms with Gasteiger partial charge in [0.25, 0.3) is 0 Å². The minimum atomic E-state index is 0.357. The molecule has 0 bridgehead atoms. The van der Waals surface area contributed by atoms with Crippen LogP contribution in [-0.4, -0.2) is 31.6 Å². The third-order valence-corrected chi connectivity index (χ3v) is 5.65. The van der Waals surface area contributed by atoms with E-state index in [1.165, 1.54) is 47.7 Å². The summed E-state index contributed by atoms with van der Waals surface area (Å²) in [5.41, 5.74) is 1.37. The molecule has 0 aromatic carbocycles. The highest BCUT2D eigenvalue weighted by Crippen LogP contribution is 2.33. The van der Waals surface area contributed by atoms with E-state index in [1.807, 2.05) is 18.3 Å². The van der Waals surface area contributed by atoms with E-state index in [2.05, 4.69) is 20.1 Å². The summed E-state index contributed by atoms with van der Waals surface area (Å²) in [6.45, 7) is 4.04. The van der Waals surface area contributed by atoms with Crippen LogP contribution in [0.15, 0.2) is 0 Å². The molecule has 1 aliphatic heterocycles. The molecule has 0 amide bonds. The lowest BCUT2D eigenvalue weighted by Gasteiger charge is -2.20. The van der Waals surface area contributed by atoms with Crippen LogP contribution in [0.2, 0.25) is 0 Å². The first-order valence-corrected chi connectivity index (χ1v) is 8.71. The molecule has 0 spiro atoms. The topological polar surface area (TPSA) is 57.7 Å². The molecule has 0 radical (unpaired) electrons. The second-order valence-electron chi connectivity index (χ2n) is 6.09. The van der Waals surface area contributed by atoms with Crippen LogP contribution in [0, 0.1) is 6.92 Å². The number of hydrogen-bond acceptors (Lipinski definition) is 5. The molecular formula is C15H21N5S. The lowest BCUT2D eigenvalue weighted by atomic mass is 10.0. The van der Waals surface area contributed by atoms with E-state index in [0.717, 1.165) is 31.2 Å². The van der Waals surface area contributed by atoms with Gasteiger partial charge in [0.05, 0.1) is 18.3 Å². The Bertz CT molecular complexity index is 608. The van der Waals surface area contributed by atoms with Gasteiger partial charge in [0.2, 0.25) is 0 Å². The number of nitrogens with one attached hydrogen (secondary N) is 1. The summed E-state index contributed by atoms with van der Waals surface area (Å²) in [7, 11) is 0. The fraction of sp³-hybridized carbons (Fsp3) is 0.667. The van der Waals surface area contributed by atoms with Crippen molar-refractivity contribution < 1.29 is 0 Å². The molecule has 4 rings (SSSR count). The molecule has 1 N–H and O–H groups in total. The summed E-state index contributed by atoms with van der Waals surface area (Å²) in [6, 6.07) is 0.357. The molecule has 1 saturated heterocycles. The molecule has 3 heterocycles. The summed E-state index contributed by atoms with van der Waals surface area (Å²) in [5, 5.41) is 8.61. The van der Waals surface area contributed by atoms with Crippen molar-refractivity contribution in [3.63, 3.8) is 0 Å². The number of aromatic nitrogens is 4. The SMILES string of the molecule is Cc1nc([C@@H]2CCCN2Cc2nc3c(s2)CCCC3)n[nH]1. The van der Waals surface area contributed by atoms with Crippen molar-refractivity contribution in [2.24, 2.45) is 0 Å². The molecule has 2 aromatic rings. The Kier molecular flexibility index (Phi) is 3.51. The van der Waals surface area contributed by atoms with Gasteiger partial charge in [-0.25, -0.2) is 9.97 Å². The Morgan fingerprint density at radius 1 is 1.24 bits per heavy atom. The molecule has 21 heavy (non-hydrogen) atoms. The molecule has 1 atom stereocenters. The second kappa shape index (κ2) is 5.50. The van der Waals surface area contributed by atoms with E-state index < -0.39 is 0 Å². The number of rotatable bonds is 3. The van der Waals surface area contributed by atoms with Gasteiger partial charge in [0, 0.05) is 4.88 Å². The van der Waals surface area contributed by atoms with Crippen molar-refractivity contribution in [1.82, 2.24) is 25.1 Å². The largest absolute Gasteiger partial charge is 0.287 e. The van der Waals surface area contributed by atoms with Crippen LogP contribution < -0.4 is 0 Å². The van der Waals surface area contributed by atoms with Crippen molar-refractivity contribution >= 4 is 11.3 Å². The van der Waals surface area contributed by atoms with Gasteiger partial charge in [-0.2, -0.15) is 5.10 Å². The third-order valence-electron chi connectivity index (χ3n) is 4.50. The molecule has 5 nitrogen and oxygen atoms in total. The van der Waals surface area contributed by atoms with Crippen LogP contribution in [0.4, 0.5) is 0 Å². The fourth-order valence-electron chi connectivity index (χ4n) is 3.46. The summed E-state index contributed by atoms with van der Waals surface area (Å²) in [5.74, 6) is 1.85. The molecule has 2 aromatic heterocycles. The van der Waals surface area contributed by atoms with Gasteiger partial charge in [-0.1, -0.05) is 0 Å². The Morgan fingerprint density at radius 2 is 2.14 bits per heavy atom. The van der Waals surface area contributed by atoms with Gasteiger partial charge >= 0.3 is 0 Å². The van der Waals surface area contributed by atoms with E-state index in [-0.39, 0.29) is 0 Å². The highest BCUT2D eigenvalue weighted by molar-refractivity contribution is 7.11. The van der Waals surface area contributed by atoms with Crippen molar-refractivity contribution in [2.75, 3.05) is 6.54 Å². The molecular weight excluding hydrogens is 282 g/mol. The van der Waals surface area contributed by atoms with Crippen molar-refractivity contribution in [3.05, 3.63) is 27.2 Å². The molecule has 1 fully saturated rings. The van der Waals surface area contributed by atoms with Gasteiger partial charge in [-0.15, -0.1) is 11.3 Å². The third kappa shape index (κ3) is 2.62. The number of nitrogens with zero attached hydrogens (tertiary/aromatic N) is 4. The van der Waals surface area contributed by atoms with Crippen LogP contribution in [0.1, 0.15) is 59.0 Å². The molecule has 112 valence electrons. The number of H-pyrrole nitrogens is 1.